The highest BCUT2D eigenvalue weighted by molar-refractivity contribution is 7.15. The minimum Gasteiger partial charge on any atom is -0.478 e. The number of aromatic nitrogens is 1. The van der Waals surface area contributed by atoms with Crippen molar-refractivity contribution in [1.82, 2.24) is 4.98 Å². The Balaban J connectivity index is 1.73. The van der Waals surface area contributed by atoms with Gasteiger partial charge in [-0.25, -0.2) is 4.79 Å². The fourth-order valence-corrected chi connectivity index (χ4v) is 4.06. The number of aromatic carboxylic acids is 1. The van der Waals surface area contributed by atoms with E-state index in [0.29, 0.717) is 32.6 Å². The van der Waals surface area contributed by atoms with Crippen LogP contribution in [0.1, 0.15) is 20.7 Å². The average Bonchev–Trinajstić information content (AvgIpc) is 3.11. The normalized spacial score (nSPS) is 10.8. The topological polar surface area (TPSA) is 79.3 Å². The van der Waals surface area contributed by atoms with Gasteiger partial charge in [0.2, 0.25) is 0 Å². The fraction of sp³-hybridized carbons (Fsp3) is 0. The maximum atomic E-state index is 12.9. The van der Waals surface area contributed by atoms with Crippen LogP contribution in [0.3, 0.4) is 0 Å². The van der Waals surface area contributed by atoms with Crippen molar-refractivity contribution in [2.75, 3.05) is 5.32 Å². The molecular formula is C21H13ClN2O3S. The van der Waals surface area contributed by atoms with Gasteiger partial charge in [-0.3, -0.25) is 9.78 Å². The highest BCUT2D eigenvalue weighted by Gasteiger charge is 2.22. The number of benzene rings is 2. The SMILES string of the molecule is O=C(O)c1c(-c2ccc(Cl)cc2)csc1NC(=O)c1cccc2ncccc12. The maximum Gasteiger partial charge on any atom is 0.339 e. The zero-order valence-electron chi connectivity index (χ0n) is 14.3. The van der Waals surface area contributed by atoms with Crippen molar-refractivity contribution in [1.29, 1.82) is 0 Å². The molecule has 0 saturated heterocycles. The van der Waals surface area contributed by atoms with Crippen LogP contribution in [-0.4, -0.2) is 22.0 Å². The van der Waals surface area contributed by atoms with E-state index in [1.165, 1.54) is 11.3 Å². The van der Waals surface area contributed by atoms with Crippen LogP contribution >= 0.6 is 22.9 Å². The summed E-state index contributed by atoms with van der Waals surface area (Å²) in [6.07, 6.45) is 1.66. The van der Waals surface area contributed by atoms with Gasteiger partial charge in [0.15, 0.2) is 0 Å². The Bertz CT molecular complexity index is 1200. The molecule has 0 fully saturated rings. The first kappa shape index (κ1) is 18.2. The lowest BCUT2D eigenvalue weighted by Gasteiger charge is -2.08. The highest BCUT2D eigenvalue weighted by Crippen LogP contribution is 2.36. The largest absolute Gasteiger partial charge is 0.478 e. The maximum absolute atomic E-state index is 12.9. The Morgan fingerprint density at radius 2 is 1.82 bits per heavy atom. The lowest BCUT2D eigenvalue weighted by molar-refractivity contribution is 0.0699. The smallest absolute Gasteiger partial charge is 0.339 e. The number of nitrogens with one attached hydrogen (secondary N) is 1. The van der Waals surface area contributed by atoms with Gasteiger partial charge in [0, 0.05) is 33.1 Å². The number of hydrogen-bond donors (Lipinski definition) is 2. The van der Waals surface area contributed by atoms with Crippen LogP contribution in [-0.2, 0) is 0 Å². The summed E-state index contributed by atoms with van der Waals surface area (Å²) in [5.41, 5.74) is 2.43. The highest BCUT2D eigenvalue weighted by atomic mass is 35.5. The van der Waals surface area contributed by atoms with Crippen molar-refractivity contribution in [2.24, 2.45) is 0 Å². The molecule has 7 heteroatoms. The Labute approximate surface area is 169 Å². The number of hydrogen-bond acceptors (Lipinski definition) is 4. The number of carboxylic acid groups (broad SMARTS) is 1. The quantitative estimate of drug-likeness (QED) is 0.462. The summed E-state index contributed by atoms with van der Waals surface area (Å²) >= 11 is 7.09. The molecule has 2 aromatic carbocycles. The summed E-state index contributed by atoms with van der Waals surface area (Å²) in [5, 5.41) is 15.7. The molecule has 5 nitrogen and oxygen atoms in total. The van der Waals surface area contributed by atoms with Crippen molar-refractivity contribution in [2.45, 2.75) is 0 Å². The molecule has 0 bridgehead atoms. The fourth-order valence-electron chi connectivity index (χ4n) is 2.98. The van der Waals surface area contributed by atoms with Crippen molar-refractivity contribution in [3.8, 4) is 11.1 Å². The monoisotopic (exact) mass is 408 g/mol. The zero-order chi connectivity index (χ0) is 19.7. The number of thiophene rings is 1. The number of halogens is 1. The molecule has 0 aliphatic heterocycles. The summed E-state index contributed by atoms with van der Waals surface area (Å²) in [4.78, 5) is 29.0. The molecule has 0 aliphatic carbocycles. The number of carbonyl (C=O) groups is 2. The number of anilines is 1. The molecule has 0 radical (unpaired) electrons. The number of amides is 1. The van der Waals surface area contributed by atoms with E-state index in [4.69, 9.17) is 11.6 Å². The van der Waals surface area contributed by atoms with E-state index in [1.54, 1.807) is 54.0 Å². The van der Waals surface area contributed by atoms with Gasteiger partial charge in [-0.05, 0) is 35.9 Å². The molecular weight excluding hydrogens is 396 g/mol. The van der Waals surface area contributed by atoms with E-state index < -0.39 is 5.97 Å². The summed E-state index contributed by atoms with van der Waals surface area (Å²) in [6, 6.07) is 15.7. The van der Waals surface area contributed by atoms with Crippen molar-refractivity contribution in [3.05, 3.63) is 82.3 Å². The summed E-state index contributed by atoms with van der Waals surface area (Å²) < 4.78 is 0. The van der Waals surface area contributed by atoms with Crippen LogP contribution in [0.2, 0.25) is 5.02 Å². The van der Waals surface area contributed by atoms with Gasteiger partial charge < -0.3 is 10.4 Å². The van der Waals surface area contributed by atoms with Crippen LogP contribution in [0.15, 0.2) is 66.2 Å². The number of nitrogens with zero attached hydrogens (tertiary/aromatic N) is 1. The van der Waals surface area contributed by atoms with E-state index in [2.05, 4.69) is 10.3 Å². The third-order valence-electron chi connectivity index (χ3n) is 4.28. The van der Waals surface area contributed by atoms with Gasteiger partial charge in [-0.2, -0.15) is 0 Å². The van der Waals surface area contributed by atoms with Gasteiger partial charge in [0.05, 0.1) is 5.52 Å². The lowest BCUT2D eigenvalue weighted by Crippen LogP contribution is -2.14. The summed E-state index contributed by atoms with van der Waals surface area (Å²) in [7, 11) is 0. The number of carboxylic acids is 1. The summed E-state index contributed by atoms with van der Waals surface area (Å²) in [5.74, 6) is -1.49. The number of fused-ring (bicyclic) bond motifs is 1. The molecule has 2 aromatic heterocycles. The van der Waals surface area contributed by atoms with E-state index in [-0.39, 0.29) is 16.5 Å². The minimum atomic E-state index is -1.11. The van der Waals surface area contributed by atoms with Crippen LogP contribution in [0.25, 0.3) is 22.0 Å². The standard InChI is InChI=1S/C21H13ClN2O3S/c22-13-8-6-12(7-9-13)16-11-28-20(18(16)21(26)27)24-19(25)15-3-1-5-17-14(15)4-2-10-23-17/h1-11H,(H,24,25)(H,26,27). The first-order chi connectivity index (χ1) is 13.5. The predicted molar refractivity (Wildman–Crippen MR) is 111 cm³/mol. The number of rotatable bonds is 4. The van der Waals surface area contributed by atoms with Gasteiger partial charge >= 0.3 is 5.97 Å². The molecule has 4 rings (SSSR count). The molecule has 0 atom stereocenters. The second-order valence-corrected chi connectivity index (χ2v) is 7.31. The first-order valence-electron chi connectivity index (χ1n) is 8.30. The average molecular weight is 409 g/mol. The van der Waals surface area contributed by atoms with Crippen molar-refractivity contribution in [3.63, 3.8) is 0 Å². The predicted octanol–water partition coefficient (Wildman–Crippen LogP) is 5.57. The van der Waals surface area contributed by atoms with Crippen LogP contribution < -0.4 is 5.32 Å². The van der Waals surface area contributed by atoms with Crippen LogP contribution in [0.5, 0.6) is 0 Å². The Morgan fingerprint density at radius 1 is 1.04 bits per heavy atom. The van der Waals surface area contributed by atoms with Gasteiger partial charge in [-0.15, -0.1) is 11.3 Å². The molecule has 0 unspecified atom stereocenters. The van der Waals surface area contributed by atoms with Crippen molar-refractivity contribution >= 4 is 50.7 Å². The van der Waals surface area contributed by atoms with Crippen LogP contribution in [0, 0.1) is 0 Å². The third kappa shape index (κ3) is 3.35. The minimum absolute atomic E-state index is 0.0547. The molecule has 2 N–H and O–H groups in total. The van der Waals surface area contributed by atoms with E-state index in [1.807, 2.05) is 12.1 Å². The third-order valence-corrected chi connectivity index (χ3v) is 5.42. The lowest BCUT2D eigenvalue weighted by atomic mass is 10.0. The van der Waals surface area contributed by atoms with Gasteiger partial charge in [0.1, 0.15) is 10.6 Å². The van der Waals surface area contributed by atoms with E-state index in [0.717, 1.165) is 0 Å². The summed E-state index contributed by atoms with van der Waals surface area (Å²) in [6.45, 7) is 0. The first-order valence-corrected chi connectivity index (χ1v) is 9.56. The molecule has 4 aromatic rings. The number of carbonyl (C=O) groups excluding carboxylic acids is 1. The molecule has 138 valence electrons. The molecule has 0 spiro atoms. The second kappa shape index (κ2) is 7.42. The molecule has 0 saturated carbocycles. The molecule has 2 heterocycles. The van der Waals surface area contributed by atoms with Gasteiger partial charge in [-0.1, -0.05) is 35.9 Å². The van der Waals surface area contributed by atoms with E-state index >= 15 is 0 Å². The molecule has 28 heavy (non-hydrogen) atoms. The Hall–Kier alpha value is -3.22. The van der Waals surface area contributed by atoms with Crippen molar-refractivity contribution < 1.29 is 14.7 Å². The molecule has 0 aliphatic rings. The van der Waals surface area contributed by atoms with Gasteiger partial charge in [0.25, 0.3) is 5.91 Å². The molecule has 1 amide bonds. The number of pyridine rings is 1. The van der Waals surface area contributed by atoms with E-state index in [9.17, 15) is 14.7 Å². The second-order valence-electron chi connectivity index (χ2n) is 6.00. The zero-order valence-corrected chi connectivity index (χ0v) is 15.9. The Morgan fingerprint density at radius 3 is 2.57 bits per heavy atom. The Kier molecular flexibility index (Phi) is 4.81. The van der Waals surface area contributed by atoms with Crippen LogP contribution in [0.4, 0.5) is 5.00 Å².